The zero-order valence-electron chi connectivity index (χ0n) is 12.4. The summed E-state index contributed by atoms with van der Waals surface area (Å²) in [7, 11) is 0. The summed E-state index contributed by atoms with van der Waals surface area (Å²) in [4.78, 5) is 4.34. The lowest BCUT2D eigenvalue weighted by Crippen LogP contribution is -2.45. The molecule has 1 aromatic rings. The van der Waals surface area contributed by atoms with E-state index in [-0.39, 0.29) is 5.54 Å². The van der Waals surface area contributed by atoms with Gasteiger partial charge in [-0.05, 0) is 38.3 Å². The van der Waals surface area contributed by atoms with Crippen LogP contribution < -0.4 is 10.5 Å². The quantitative estimate of drug-likeness (QED) is 0.859. The van der Waals surface area contributed by atoms with E-state index in [0.29, 0.717) is 18.1 Å². The van der Waals surface area contributed by atoms with Crippen LogP contribution in [0, 0.1) is 25.2 Å². The fraction of sp³-hybridized carbons (Fsp3) is 0.625. The number of aryl methyl sites for hydroxylation is 2. The number of nitriles is 1. The van der Waals surface area contributed by atoms with Crippen LogP contribution in [0.5, 0.6) is 5.88 Å². The van der Waals surface area contributed by atoms with Crippen LogP contribution in [0.4, 0.5) is 0 Å². The number of aromatic nitrogens is 1. The molecule has 0 saturated heterocycles. The molecule has 0 bridgehead atoms. The van der Waals surface area contributed by atoms with E-state index < -0.39 is 0 Å². The lowest BCUT2D eigenvalue weighted by Gasteiger charge is -2.27. The highest BCUT2D eigenvalue weighted by Gasteiger charge is 2.27. The smallest absolute Gasteiger partial charge is 0.232 e. The van der Waals surface area contributed by atoms with Gasteiger partial charge in [-0.15, -0.1) is 0 Å². The van der Waals surface area contributed by atoms with Crippen LogP contribution in [0.25, 0.3) is 0 Å². The Labute approximate surface area is 121 Å². The minimum atomic E-state index is -0.275. The Bertz CT molecular complexity index is 511. The van der Waals surface area contributed by atoms with Crippen molar-refractivity contribution in [3.63, 3.8) is 0 Å². The van der Waals surface area contributed by atoms with Crippen molar-refractivity contribution < 1.29 is 4.74 Å². The van der Waals surface area contributed by atoms with Crippen molar-refractivity contribution in [3.8, 4) is 11.9 Å². The lowest BCUT2D eigenvalue weighted by atomic mass is 9.92. The third kappa shape index (κ3) is 3.49. The first kappa shape index (κ1) is 14.8. The molecule has 20 heavy (non-hydrogen) atoms. The highest BCUT2D eigenvalue weighted by molar-refractivity contribution is 5.45. The first-order valence-corrected chi connectivity index (χ1v) is 7.34. The predicted molar refractivity (Wildman–Crippen MR) is 78.5 cm³/mol. The molecular formula is C16H23N3O. The molecule has 1 heterocycles. The highest BCUT2D eigenvalue weighted by atomic mass is 16.5. The van der Waals surface area contributed by atoms with Gasteiger partial charge in [-0.3, -0.25) is 0 Å². The molecule has 1 aliphatic carbocycles. The maximum atomic E-state index is 9.24. The SMILES string of the molecule is Cc1cc(C)c(C#N)c(OCC2(N)CCCCCC2)n1. The average molecular weight is 273 g/mol. The Morgan fingerprint density at radius 1 is 1.30 bits per heavy atom. The van der Waals surface area contributed by atoms with Crippen molar-refractivity contribution in [3.05, 3.63) is 22.9 Å². The van der Waals surface area contributed by atoms with E-state index in [9.17, 15) is 5.26 Å². The molecule has 1 saturated carbocycles. The van der Waals surface area contributed by atoms with Crippen molar-refractivity contribution in [2.45, 2.75) is 57.9 Å². The van der Waals surface area contributed by atoms with Crippen LogP contribution in [-0.4, -0.2) is 17.1 Å². The van der Waals surface area contributed by atoms with Gasteiger partial charge in [0.15, 0.2) is 0 Å². The summed E-state index contributed by atoms with van der Waals surface area (Å²) in [5, 5.41) is 9.24. The number of nitrogens with zero attached hydrogens (tertiary/aromatic N) is 2. The fourth-order valence-electron chi connectivity index (χ4n) is 2.83. The van der Waals surface area contributed by atoms with E-state index in [1.807, 2.05) is 19.9 Å². The number of ether oxygens (including phenoxy) is 1. The van der Waals surface area contributed by atoms with Gasteiger partial charge in [-0.25, -0.2) is 4.98 Å². The first-order valence-electron chi connectivity index (χ1n) is 7.34. The summed E-state index contributed by atoms with van der Waals surface area (Å²) >= 11 is 0. The van der Waals surface area contributed by atoms with E-state index >= 15 is 0 Å². The molecule has 0 atom stereocenters. The van der Waals surface area contributed by atoms with Crippen molar-refractivity contribution in [2.24, 2.45) is 5.73 Å². The standard InChI is InChI=1S/C16H23N3O/c1-12-9-13(2)19-15(14(12)10-17)20-11-16(18)7-5-3-4-6-8-16/h9H,3-8,11,18H2,1-2H3. The number of hydrogen-bond acceptors (Lipinski definition) is 4. The zero-order chi connectivity index (χ0) is 14.6. The first-order chi connectivity index (χ1) is 9.54. The topological polar surface area (TPSA) is 71.9 Å². The predicted octanol–water partition coefficient (Wildman–Crippen LogP) is 3.00. The van der Waals surface area contributed by atoms with E-state index in [1.54, 1.807) is 0 Å². The summed E-state index contributed by atoms with van der Waals surface area (Å²) in [5.74, 6) is 0.430. The molecule has 2 rings (SSSR count). The van der Waals surface area contributed by atoms with Crippen LogP contribution in [0.15, 0.2) is 6.07 Å². The molecule has 4 nitrogen and oxygen atoms in total. The van der Waals surface area contributed by atoms with Gasteiger partial charge in [0, 0.05) is 5.69 Å². The van der Waals surface area contributed by atoms with Gasteiger partial charge in [0.1, 0.15) is 18.2 Å². The molecule has 2 N–H and O–H groups in total. The maximum absolute atomic E-state index is 9.24. The Hall–Kier alpha value is -1.60. The van der Waals surface area contributed by atoms with Gasteiger partial charge in [-0.1, -0.05) is 25.7 Å². The lowest BCUT2D eigenvalue weighted by molar-refractivity contribution is 0.193. The third-order valence-corrected chi connectivity index (χ3v) is 4.02. The molecule has 0 radical (unpaired) electrons. The monoisotopic (exact) mass is 273 g/mol. The summed E-state index contributed by atoms with van der Waals surface area (Å²) in [6.45, 7) is 4.26. The van der Waals surface area contributed by atoms with Crippen molar-refractivity contribution in [2.75, 3.05) is 6.61 Å². The van der Waals surface area contributed by atoms with Crippen molar-refractivity contribution >= 4 is 0 Å². The molecule has 1 aromatic heterocycles. The van der Waals surface area contributed by atoms with Crippen LogP contribution in [0.2, 0.25) is 0 Å². The summed E-state index contributed by atoms with van der Waals surface area (Å²) < 4.78 is 5.83. The van der Waals surface area contributed by atoms with Crippen molar-refractivity contribution in [1.29, 1.82) is 5.26 Å². The minimum Gasteiger partial charge on any atom is -0.475 e. The number of hydrogen-bond donors (Lipinski definition) is 1. The van der Waals surface area contributed by atoms with Crippen LogP contribution in [0.3, 0.4) is 0 Å². The van der Waals surface area contributed by atoms with E-state index in [4.69, 9.17) is 10.5 Å². The normalized spacial score (nSPS) is 18.1. The minimum absolute atomic E-state index is 0.275. The van der Waals surface area contributed by atoms with Crippen molar-refractivity contribution in [1.82, 2.24) is 4.98 Å². The Balaban J connectivity index is 2.12. The Morgan fingerprint density at radius 2 is 1.95 bits per heavy atom. The van der Waals surface area contributed by atoms with Crippen LogP contribution in [0.1, 0.15) is 55.3 Å². The molecule has 0 amide bonds. The zero-order valence-corrected chi connectivity index (χ0v) is 12.4. The Kier molecular flexibility index (Phi) is 4.61. The third-order valence-electron chi connectivity index (χ3n) is 4.02. The van der Waals surface area contributed by atoms with E-state index in [2.05, 4.69) is 11.1 Å². The molecule has 0 spiro atoms. The van der Waals surface area contributed by atoms with Crippen LogP contribution >= 0.6 is 0 Å². The summed E-state index contributed by atoms with van der Waals surface area (Å²) in [5.41, 5.74) is 8.45. The molecule has 0 aromatic carbocycles. The van der Waals surface area contributed by atoms with Gasteiger partial charge in [0.05, 0.1) is 5.54 Å². The Morgan fingerprint density at radius 3 is 2.55 bits per heavy atom. The molecular weight excluding hydrogens is 250 g/mol. The number of rotatable bonds is 3. The second kappa shape index (κ2) is 6.23. The largest absolute Gasteiger partial charge is 0.475 e. The molecule has 108 valence electrons. The van der Waals surface area contributed by atoms with E-state index in [0.717, 1.165) is 36.9 Å². The van der Waals surface area contributed by atoms with Gasteiger partial charge in [0.25, 0.3) is 0 Å². The maximum Gasteiger partial charge on any atom is 0.232 e. The summed E-state index contributed by atoms with van der Waals surface area (Å²) in [6, 6.07) is 4.07. The molecule has 1 aliphatic rings. The second-order valence-corrected chi connectivity index (χ2v) is 5.94. The second-order valence-electron chi connectivity index (χ2n) is 5.94. The number of pyridine rings is 1. The highest BCUT2D eigenvalue weighted by Crippen LogP contribution is 2.27. The molecule has 4 heteroatoms. The number of nitrogens with two attached hydrogens (primary N) is 1. The molecule has 0 unspecified atom stereocenters. The fourth-order valence-corrected chi connectivity index (χ4v) is 2.83. The summed E-state index contributed by atoms with van der Waals surface area (Å²) in [6.07, 6.45) is 6.80. The van der Waals surface area contributed by atoms with Crippen LogP contribution in [-0.2, 0) is 0 Å². The van der Waals surface area contributed by atoms with Gasteiger partial charge in [0.2, 0.25) is 5.88 Å². The average Bonchev–Trinajstić information content (AvgIpc) is 2.61. The van der Waals surface area contributed by atoms with Gasteiger partial charge < -0.3 is 10.5 Å². The molecule has 1 fully saturated rings. The van der Waals surface area contributed by atoms with Gasteiger partial charge >= 0.3 is 0 Å². The molecule has 0 aliphatic heterocycles. The van der Waals surface area contributed by atoms with Gasteiger partial charge in [-0.2, -0.15) is 5.26 Å². The van der Waals surface area contributed by atoms with E-state index in [1.165, 1.54) is 12.8 Å².